The van der Waals surface area contributed by atoms with Gasteiger partial charge >= 0.3 is 0 Å². The molecule has 0 saturated carbocycles. The average molecular weight is 475 g/mol. The molecule has 8 nitrogen and oxygen atoms in total. The number of aliphatic hydroxyl groups is 1. The Bertz CT molecular complexity index is 1020. The van der Waals surface area contributed by atoms with E-state index in [1.54, 1.807) is 6.20 Å². The Labute approximate surface area is 198 Å². The molecule has 33 heavy (non-hydrogen) atoms. The van der Waals surface area contributed by atoms with E-state index in [4.69, 9.17) is 21.1 Å². The summed E-state index contributed by atoms with van der Waals surface area (Å²) in [6, 6.07) is 5.91. The van der Waals surface area contributed by atoms with Gasteiger partial charge in [-0.15, -0.1) is 0 Å². The van der Waals surface area contributed by atoms with Crippen LogP contribution in [0.1, 0.15) is 19.8 Å². The SMILES string of the molecule is C[C@@]1(N2CCN(c3cc4cc(NC(=O)[C@H]5CCCOC5)ncc4cc3Cl)CC2)COC[C@@H]1O. The molecule has 5 rings (SSSR count). The minimum absolute atomic E-state index is 0.0431. The average Bonchev–Trinajstić information content (AvgIpc) is 3.18. The van der Waals surface area contributed by atoms with Crippen molar-refractivity contribution in [3.63, 3.8) is 0 Å². The fourth-order valence-electron chi connectivity index (χ4n) is 5.05. The van der Waals surface area contributed by atoms with Crippen LogP contribution in [-0.2, 0) is 14.3 Å². The van der Waals surface area contributed by atoms with E-state index < -0.39 is 6.10 Å². The normalized spacial score (nSPS) is 28.9. The molecule has 0 spiro atoms. The summed E-state index contributed by atoms with van der Waals surface area (Å²) in [7, 11) is 0. The Balaban J connectivity index is 1.30. The molecule has 9 heteroatoms. The van der Waals surface area contributed by atoms with E-state index in [0.717, 1.165) is 62.1 Å². The zero-order valence-electron chi connectivity index (χ0n) is 18.9. The van der Waals surface area contributed by atoms with Gasteiger partial charge in [0.15, 0.2) is 0 Å². The summed E-state index contributed by atoms with van der Waals surface area (Å²) in [4.78, 5) is 21.6. The summed E-state index contributed by atoms with van der Waals surface area (Å²) < 4.78 is 10.9. The molecule has 1 aromatic carbocycles. The quantitative estimate of drug-likeness (QED) is 0.704. The third kappa shape index (κ3) is 4.55. The third-order valence-corrected chi connectivity index (χ3v) is 7.60. The lowest BCUT2D eigenvalue weighted by Crippen LogP contribution is -2.60. The van der Waals surface area contributed by atoms with Crippen LogP contribution < -0.4 is 10.2 Å². The molecule has 3 fully saturated rings. The van der Waals surface area contributed by atoms with Crippen LogP contribution in [-0.4, -0.2) is 85.1 Å². The largest absolute Gasteiger partial charge is 0.389 e. The predicted octanol–water partition coefficient (Wildman–Crippen LogP) is 2.53. The fraction of sp³-hybridized carbons (Fsp3) is 0.583. The third-order valence-electron chi connectivity index (χ3n) is 7.30. The maximum absolute atomic E-state index is 12.6. The molecule has 3 aliphatic heterocycles. The van der Waals surface area contributed by atoms with Gasteiger partial charge in [0.05, 0.1) is 48.1 Å². The number of aromatic nitrogens is 1. The van der Waals surface area contributed by atoms with Crippen molar-refractivity contribution >= 4 is 39.8 Å². The number of aliphatic hydroxyl groups excluding tert-OH is 1. The van der Waals surface area contributed by atoms with Gasteiger partial charge in [-0.2, -0.15) is 0 Å². The molecule has 0 radical (unpaired) electrons. The molecular formula is C24H31ClN4O4. The number of pyridine rings is 1. The van der Waals surface area contributed by atoms with E-state index in [9.17, 15) is 9.90 Å². The highest BCUT2D eigenvalue weighted by Gasteiger charge is 2.44. The highest BCUT2D eigenvalue weighted by atomic mass is 35.5. The molecular weight excluding hydrogens is 444 g/mol. The van der Waals surface area contributed by atoms with Gasteiger partial charge in [0.25, 0.3) is 0 Å². The number of piperazine rings is 1. The van der Waals surface area contributed by atoms with E-state index in [1.807, 2.05) is 12.1 Å². The van der Waals surface area contributed by atoms with E-state index in [1.165, 1.54) is 0 Å². The fourth-order valence-corrected chi connectivity index (χ4v) is 5.35. The van der Waals surface area contributed by atoms with Gasteiger partial charge in [-0.3, -0.25) is 9.69 Å². The van der Waals surface area contributed by atoms with Crippen molar-refractivity contribution < 1.29 is 19.4 Å². The number of hydrogen-bond acceptors (Lipinski definition) is 7. The number of rotatable bonds is 4. The highest BCUT2D eigenvalue weighted by molar-refractivity contribution is 6.34. The number of ether oxygens (including phenoxy) is 2. The highest BCUT2D eigenvalue weighted by Crippen LogP contribution is 2.34. The number of carbonyl (C=O) groups is 1. The summed E-state index contributed by atoms with van der Waals surface area (Å²) in [5.41, 5.74) is 0.642. The molecule has 0 unspecified atom stereocenters. The summed E-state index contributed by atoms with van der Waals surface area (Å²) in [5, 5.41) is 15.9. The van der Waals surface area contributed by atoms with Crippen LogP contribution >= 0.6 is 11.6 Å². The van der Waals surface area contributed by atoms with E-state index in [2.05, 4.69) is 33.1 Å². The lowest BCUT2D eigenvalue weighted by Gasteiger charge is -2.45. The molecule has 3 saturated heterocycles. The van der Waals surface area contributed by atoms with Crippen molar-refractivity contribution in [2.75, 3.05) is 62.8 Å². The molecule has 3 aliphatic rings. The monoisotopic (exact) mass is 474 g/mol. The van der Waals surface area contributed by atoms with Crippen molar-refractivity contribution in [2.45, 2.75) is 31.4 Å². The first-order valence-corrected chi connectivity index (χ1v) is 12.1. The first-order chi connectivity index (χ1) is 15.9. The number of amides is 1. The lowest BCUT2D eigenvalue weighted by molar-refractivity contribution is -0.123. The van der Waals surface area contributed by atoms with Crippen LogP contribution in [0, 0.1) is 5.92 Å². The van der Waals surface area contributed by atoms with Gasteiger partial charge in [-0.25, -0.2) is 4.98 Å². The summed E-state index contributed by atoms with van der Waals surface area (Å²) in [6.07, 6.45) is 3.03. The smallest absolute Gasteiger partial charge is 0.230 e. The molecule has 2 aromatic rings. The number of benzene rings is 1. The maximum Gasteiger partial charge on any atom is 0.230 e. The number of halogens is 1. The van der Waals surface area contributed by atoms with Crippen molar-refractivity contribution in [3.8, 4) is 0 Å². The minimum atomic E-state index is -0.463. The van der Waals surface area contributed by atoms with E-state index >= 15 is 0 Å². The predicted molar refractivity (Wildman–Crippen MR) is 128 cm³/mol. The zero-order chi connectivity index (χ0) is 23.0. The summed E-state index contributed by atoms with van der Waals surface area (Å²) in [5.74, 6) is 0.372. The van der Waals surface area contributed by atoms with Crippen LogP contribution in [0.2, 0.25) is 5.02 Å². The first kappa shape index (κ1) is 22.8. The molecule has 3 atom stereocenters. The van der Waals surface area contributed by atoms with E-state index in [0.29, 0.717) is 30.7 Å². The second-order valence-electron chi connectivity index (χ2n) is 9.49. The van der Waals surface area contributed by atoms with Gasteiger partial charge in [0, 0.05) is 44.4 Å². The van der Waals surface area contributed by atoms with Crippen LogP contribution in [0.25, 0.3) is 10.8 Å². The number of carbonyl (C=O) groups excluding carboxylic acids is 1. The number of fused-ring (bicyclic) bond motifs is 1. The van der Waals surface area contributed by atoms with Crippen molar-refractivity contribution in [1.82, 2.24) is 9.88 Å². The van der Waals surface area contributed by atoms with Gasteiger partial charge in [0.1, 0.15) is 5.82 Å². The molecule has 0 aliphatic carbocycles. The second-order valence-corrected chi connectivity index (χ2v) is 9.89. The first-order valence-electron chi connectivity index (χ1n) is 11.7. The van der Waals surface area contributed by atoms with Crippen LogP contribution in [0.15, 0.2) is 24.4 Å². The maximum atomic E-state index is 12.6. The van der Waals surface area contributed by atoms with Crippen molar-refractivity contribution in [3.05, 3.63) is 29.4 Å². The molecule has 0 bridgehead atoms. The standard InChI is InChI=1S/C24H31ClN4O4/c1-24(15-33-14-21(24)30)29-6-4-28(5-7-29)20-10-17-11-22(26-12-18(17)9-19(20)25)27-23(31)16-3-2-8-32-13-16/h9-12,16,21,30H,2-8,13-15H2,1H3,(H,26,27,31)/t16-,21-,24+/m0/s1. The Hall–Kier alpha value is -1.97. The molecule has 1 amide bonds. The molecule has 178 valence electrons. The minimum Gasteiger partial charge on any atom is -0.389 e. The van der Waals surface area contributed by atoms with E-state index in [-0.39, 0.29) is 17.4 Å². The number of nitrogens with zero attached hydrogens (tertiary/aromatic N) is 3. The Morgan fingerprint density at radius 2 is 2.00 bits per heavy atom. The van der Waals surface area contributed by atoms with Crippen LogP contribution in [0.3, 0.4) is 0 Å². The van der Waals surface area contributed by atoms with Gasteiger partial charge in [0.2, 0.25) is 5.91 Å². The molecule has 4 heterocycles. The van der Waals surface area contributed by atoms with Gasteiger partial charge < -0.3 is 24.8 Å². The second kappa shape index (κ2) is 9.35. The summed E-state index contributed by atoms with van der Waals surface area (Å²) >= 11 is 6.65. The molecule has 1 aromatic heterocycles. The number of nitrogens with one attached hydrogen (secondary N) is 1. The van der Waals surface area contributed by atoms with Gasteiger partial charge in [-0.05, 0) is 43.4 Å². The van der Waals surface area contributed by atoms with Gasteiger partial charge in [-0.1, -0.05) is 11.6 Å². The number of anilines is 2. The summed E-state index contributed by atoms with van der Waals surface area (Å²) in [6.45, 7) is 7.49. The topological polar surface area (TPSA) is 87.2 Å². The van der Waals surface area contributed by atoms with Crippen molar-refractivity contribution in [2.24, 2.45) is 5.92 Å². The Morgan fingerprint density at radius 1 is 1.18 bits per heavy atom. The number of hydrogen-bond donors (Lipinski definition) is 2. The lowest BCUT2D eigenvalue weighted by atomic mass is 9.95. The Morgan fingerprint density at radius 3 is 2.70 bits per heavy atom. The van der Waals surface area contributed by atoms with Crippen LogP contribution in [0.5, 0.6) is 0 Å². The van der Waals surface area contributed by atoms with Crippen LogP contribution in [0.4, 0.5) is 11.5 Å². The Kier molecular flexibility index (Phi) is 6.46. The van der Waals surface area contributed by atoms with Crippen molar-refractivity contribution in [1.29, 1.82) is 0 Å². The zero-order valence-corrected chi connectivity index (χ0v) is 19.7. The molecule has 2 N–H and O–H groups in total.